The minimum absolute atomic E-state index is 0.225. The van der Waals surface area contributed by atoms with Crippen LogP contribution in [-0.2, 0) is 6.54 Å². The van der Waals surface area contributed by atoms with Gasteiger partial charge in [-0.2, -0.15) is 0 Å². The summed E-state index contributed by atoms with van der Waals surface area (Å²) in [5, 5.41) is 2.03. The lowest BCUT2D eigenvalue weighted by Gasteiger charge is -2.10. The number of aryl methyl sites for hydroxylation is 1. The van der Waals surface area contributed by atoms with Crippen molar-refractivity contribution in [3.05, 3.63) is 55.1 Å². The summed E-state index contributed by atoms with van der Waals surface area (Å²) in [6, 6.07) is 7.51. The normalized spacial score (nSPS) is 12.9. The molecule has 4 nitrogen and oxygen atoms in total. The van der Waals surface area contributed by atoms with E-state index in [9.17, 15) is 4.79 Å². The number of thiophene rings is 1. The fourth-order valence-electron chi connectivity index (χ4n) is 2.39. The van der Waals surface area contributed by atoms with Crippen molar-refractivity contribution in [1.82, 2.24) is 4.57 Å². The predicted octanol–water partition coefficient (Wildman–Crippen LogP) is 3.88. The van der Waals surface area contributed by atoms with E-state index in [-0.39, 0.29) is 11.8 Å². The number of hydrogen-bond donors (Lipinski definition) is 1. The van der Waals surface area contributed by atoms with Gasteiger partial charge in [-0.25, -0.2) is 4.79 Å². The van der Waals surface area contributed by atoms with Crippen LogP contribution < -0.4 is 11.5 Å². The van der Waals surface area contributed by atoms with Gasteiger partial charge in [0.2, 0.25) is 0 Å². The van der Waals surface area contributed by atoms with Gasteiger partial charge >= 0.3 is 5.76 Å². The Morgan fingerprint density at radius 2 is 2.19 bits per heavy atom. The van der Waals surface area contributed by atoms with Crippen LogP contribution in [0.15, 0.2) is 42.6 Å². The molecule has 0 radical (unpaired) electrons. The first-order valence-electron chi connectivity index (χ1n) is 6.73. The number of nitrogens with zero attached hydrogens (tertiary/aromatic N) is 1. The lowest BCUT2D eigenvalue weighted by Crippen LogP contribution is -2.13. The van der Waals surface area contributed by atoms with Crippen molar-refractivity contribution in [2.75, 3.05) is 0 Å². The Morgan fingerprint density at radius 3 is 2.86 bits per heavy atom. The average molecular weight is 367 g/mol. The summed E-state index contributed by atoms with van der Waals surface area (Å²) in [4.78, 5) is 11.8. The molecule has 6 heteroatoms. The van der Waals surface area contributed by atoms with Gasteiger partial charge in [0.05, 0.1) is 15.3 Å². The molecule has 0 aliphatic carbocycles. The molecule has 21 heavy (non-hydrogen) atoms. The number of fused-ring (bicyclic) bond motifs is 1. The van der Waals surface area contributed by atoms with Gasteiger partial charge in [0.25, 0.3) is 0 Å². The van der Waals surface area contributed by atoms with Crippen LogP contribution in [0.2, 0.25) is 0 Å². The summed E-state index contributed by atoms with van der Waals surface area (Å²) in [6.45, 7) is 2.69. The number of aromatic nitrogens is 1. The highest BCUT2D eigenvalue weighted by Crippen LogP contribution is 2.29. The van der Waals surface area contributed by atoms with Crippen LogP contribution in [0.1, 0.15) is 30.5 Å². The summed E-state index contributed by atoms with van der Waals surface area (Å²) in [7, 11) is 0. The molecule has 2 heterocycles. The van der Waals surface area contributed by atoms with Crippen LogP contribution in [-0.4, -0.2) is 4.57 Å². The van der Waals surface area contributed by atoms with E-state index in [4.69, 9.17) is 10.2 Å². The zero-order valence-corrected chi connectivity index (χ0v) is 13.9. The van der Waals surface area contributed by atoms with Gasteiger partial charge in [-0.05, 0) is 57.1 Å². The van der Waals surface area contributed by atoms with Crippen LogP contribution in [0, 0.1) is 0 Å². The Morgan fingerprint density at radius 1 is 1.38 bits per heavy atom. The van der Waals surface area contributed by atoms with Crippen molar-refractivity contribution in [1.29, 1.82) is 0 Å². The largest absolute Gasteiger partial charge is 0.419 e. The third kappa shape index (κ3) is 2.71. The summed E-state index contributed by atoms with van der Waals surface area (Å²) in [5.74, 6) is -0.309. The Balaban J connectivity index is 2.03. The van der Waals surface area contributed by atoms with Crippen molar-refractivity contribution < 1.29 is 4.42 Å². The molecule has 3 aromatic rings. The molecule has 1 unspecified atom stereocenters. The molecule has 3 rings (SSSR count). The molecule has 110 valence electrons. The lowest BCUT2D eigenvalue weighted by molar-refractivity contribution is 0.502. The standard InChI is InChI=1S/C15H15BrN2O2S/c1-2-5-18-11-4-3-9(6-12(11)20-15(18)19)14(17)10-7-13(16)21-8-10/h3-4,6-8,14H,2,5,17H2,1H3. The number of oxazole rings is 1. The topological polar surface area (TPSA) is 61.2 Å². The minimum Gasteiger partial charge on any atom is -0.408 e. The molecule has 0 saturated heterocycles. The summed E-state index contributed by atoms with van der Waals surface area (Å²) >= 11 is 5.05. The first kappa shape index (κ1) is 14.6. The minimum atomic E-state index is -0.309. The molecule has 2 aromatic heterocycles. The predicted molar refractivity (Wildman–Crippen MR) is 88.8 cm³/mol. The molecular formula is C15H15BrN2O2S. The molecule has 0 amide bonds. The molecule has 0 aliphatic rings. The maximum Gasteiger partial charge on any atom is 0.419 e. The molecule has 0 saturated carbocycles. The third-order valence-electron chi connectivity index (χ3n) is 3.45. The zero-order chi connectivity index (χ0) is 15.0. The lowest BCUT2D eigenvalue weighted by atomic mass is 10.0. The monoisotopic (exact) mass is 366 g/mol. The Labute approximate surface area is 134 Å². The van der Waals surface area contributed by atoms with Gasteiger partial charge in [0, 0.05) is 6.54 Å². The van der Waals surface area contributed by atoms with Crippen LogP contribution in [0.25, 0.3) is 11.1 Å². The first-order valence-corrected chi connectivity index (χ1v) is 8.40. The maximum absolute atomic E-state index is 11.8. The molecule has 0 fully saturated rings. The maximum atomic E-state index is 11.8. The highest BCUT2D eigenvalue weighted by molar-refractivity contribution is 9.11. The van der Waals surface area contributed by atoms with E-state index in [1.54, 1.807) is 15.9 Å². The van der Waals surface area contributed by atoms with Gasteiger partial charge in [-0.1, -0.05) is 13.0 Å². The van der Waals surface area contributed by atoms with E-state index in [0.717, 1.165) is 26.9 Å². The Kier molecular flexibility index (Phi) is 4.01. The smallest absolute Gasteiger partial charge is 0.408 e. The Bertz CT molecular complexity index is 834. The van der Waals surface area contributed by atoms with Crippen LogP contribution in [0.5, 0.6) is 0 Å². The van der Waals surface area contributed by atoms with Gasteiger partial charge in [-0.3, -0.25) is 4.57 Å². The zero-order valence-electron chi connectivity index (χ0n) is 11.5. The van der Waals surface area contributed by atoms with Gasteiger partial charge < -0.3 is 10.2 Å². The first-order chi connectivity index (χ1) is 10.1. The van der Waals surface area contributed by atoms with Gasteiger partial charge in [0.1, 0.15) is 0 Å². The molecule has 0 bridgehead atoms. The van der Waals surface area contributed by atoms with E-state index in [0.29, 0.717) is 12.1 Å². The third-order valence-corrected chi connectivity index (χ3v) is 4.97. The molecule has 0 aliphatic heterocycles. The van der Waals surface area contributed by atoms with E-state index < -0.39 is 0 Å². The van der Waals surface area contributed by atoms with Crippen molar-refractivity contribution in [2.24, 2.45) is 5.73 Å². The summed E-state index contributed by atoms with van der Waals surface area (Å²) < 4.78 is 8.04. The Hall–Kier alpha value is -1.37. The second-order valence-electron chi connectivity index (χ2n) is 4.91. The number of halogens is 1. The van der Waals surface area contributed by atoms with Gasteiger partial charge in [-0.15, -0.1) is 11.3 Å². The fraction of sp³-hybridized carbons (Fsp3) is 0.267. The highest BCUT2D eigenvalue weighted by atomic mass is 79.9. The summed E-state index contributed by atoms with van der Waals surface area (Å²) in [6.07, 6.45) is 0.888. The summed E-state index contributed by atoms with van der Waals surface area (Å²) in [5.41, 5.74) is 9.68. The molecule has 2 N–H and O–H groups in total. The molecular weight excluding hydrogens is 352 g/mol. The van der Waals surface area contributed by atoms with Crippen LogP contribution in [0.4, 0.5) is 0 Å². The highest BCUT2D eigenvalue weighted by Gasteiger charge is 2.14. The number of hydrogen-bond acceptors (Lipinski definition) is 4. The SMILES string of the molecule is CCCn1c(=O)oc2cc(C(N)c3csc(Br)c3)ccc21. The van der Waals surface area contributed by atoms with E-state index in [1.807, 2.05) is 36.6 Å². The van der Waals surface area contributed by atoms with Crippen LogP contribution >= 0.6 is 27.3 Å². The number of nitrogens with two attached hydrogens (primary N) is 1. The second-order valence-corrected chi connectivity index (χ2v) is 7.20. The van der Waals surface area contributed by atoms with E-state index in [1.165, 1.54) is 0 Å². The van der Waals surface area contributed by atoms with Gasteiger partial charge in [0.15, 0.2) is 5.58 Å². The van der Waals surface area contributed by atoms with Crippen molar-refractivity contribution >= 4 is 38.4 Å². The van der Waals surface area contributed by atoms with E-state index in [2.05, 4.69) is 15.9 Å². The molecule has 1 atom stereocenters. The fourth-order valence-corrected chi connectivity index (χ4v) is 3.60. The van der Waals surface area contributed by atoms with Crippen LogP contribution in [0.3, 0.4) is 0 Å². The molecule has 1 aromatic carbocycles. The number of rotatable bonds is 4. The quantitative estimate of drug-likeness (QED) is 0.761. The second kappa shape index (κ2) is 5.79. The van der Waals surface area contributed by atoms with Crippen molar-refractivity contribution in [3.8, 4) is 0 Å². The molecule has 0 spiro atoms. The van der Waals surface area contributed by atoms with E-state index >= 15 is 0 Å². The number of benzene rings is 1. The van der Waals surface area contributed by atoms with Crippen molar-refractivity contribution in [2.45, 2.75) is 25.9 Å². The van der Waals surface area contributed by atoms with Crippen molar-refractivity contribution in [3.63, 3.8) is 0 Å². The average Bonchev–Trinajstić information content (AvgIpc) is 3.02.